The van der Waals surface area contributed by atoms with Crippen LogP contribution < -0.4 is 15.5 Å². The maximum Gasteiger partial charge on any atom is 0.231 e. The van der Waals surface area contributed by atoms with Gasteiger partial charge in [-0.2, -0.15) is 15.0 Å². The minimum atomic E-state index is 0.268. The molecule has 0 radical (unpaired) electrons. The maximum absolute atomic E-state index is 4.57. The summed E-state index contributed by atoms with van der Waals surface area (Å²) in [4.78, 5) is 15.7. The van der Waals surface area contributed by atoms with Gasteiger partial charge in [0.05, 0.1) is 0 Å². The zero-order chi connectivity index (χ0) is 15.5. The van der Waals surface area contributed by atoms with Gasteiger partial charge in [-0.3, -0.25) is 0 Å². The fourth-order valence-electron chi connectivity index (χ4n) is 2.16. The van der Waals surface area contributed by atoms with E-state index in [0.717, 1.165) is 25.6 Å². The Bertz CT molecular complexity index is 462. The lowest BCUT2D eigenvalue weighted by Crippen LogP contribution is -2.26. The van der Waals surface area contributed by atoms with Gasteiger partial charge < -0.3 is 15.5 Å². The molecule has 0 aliphatic carbocycles. The Morgan fingerprint density at radius 3 is 2.29 bits per heavy atom. The predicted octanol–water partition coefficient (Wildman–Crippen LogP) is 2.61. The van der Waals surface area contributed by atoms with Crippen LogP contribution in [0.3, 0.4) is 0 Å². The molecule has 0 amide bonds. The Morgan fingerprint density at radius 2 is 1.71 bits per heavy atom. The normalized spacial score (nSPS) is 16.9. The number of aromatic nitrogens is 3. The summed E-state index contributed by atoms with van der Waals surface area (Å²) >= 11 is 0. The summed E-state index contributed by atoms with van der Waals surface area (Å²) in [5.41, 5.74) is 0.268. The smallest absolute Gasteiger partial charge is 0.231 e. The van der Waals surface area contributed by atoms with Crippen LogP contribution in [-0.4, -0.2) is 41.6 Å². The van der Waals surface area contributed by atoms with Crippen molar-refractivity contribution in [2.24, 2.45) is 11.3 Å². The summed E-state index contributed by atoms with van der Waals surface area (Å²) in [5, 5.41) is 6.38. The van der Waals surface area contributed by atoms with Crippen LogP contribution in [0.25, 0.3) is 0 Å². The van der Waals surface area contributed by atoms with Gasteiger partial charge in [0.25, 0.3) is 0 Å². The van der Waals surface area contributed by atoms with Crippen molar-refractivity contribution in [3.63, 3.8) is 0 Å². The van der Waals surface area contributed by atoms with E-state index in [1.807, 2.05) is 7.05 Å². The van der Waals surface area contributed by atoms with Crippen LogP contribution in [0.4, 0.5) is 17.8 Å². The Balaban J connectivity index is 2.09. The van der Waals surface area contributed by atoms with E-state index in [1.54, 1.807) is 0 Å². The van der Waals surface area contributed by atoms with Crippen LogP contribution in [0.2, 0.25) is 0 Å². The highest BCUT2D eigenvalue weighted by Gasteiger charge is 2.21. The van der Waals surface area contributed by atoms with Crippen LogP contribution >= 0.6 is 0 Å². The minimum Gasteiger partial charge on any atom is -0.357 e. The Morgan fingerprint density at radius 1 is 1.10 bits per heavy atom. The van der Waals surface area contributed by atoms with Gasteiger partial charge in [0.1, 0.15) is 0 Å². The van der Waals surface area contributed by atoms with Gasteiger partial charge in [-0.1, -0.05) is 27.7 Å². The second-order valence-corrected chi connectivity index (χ2v) is 6.87. The van der Waals surface area contributed by atoms with E-state index in [4.69, 9.17) is 0 Å². The summed E-state index contributed by atoms with van der Waals surface area (Å²) in [5.74, 6) is 2.59. The molecule has 0 aromatic carbocycles. The number of hydrogen-bond acceptors (Lipinski definition) is 6. The molecule has 1 aromatic heterocycles. The molecular formula is C15H28N6. The third-order valence-corrected chi connectivity index (χ3v) is 4.28. The van der Waals surface area contributed by atoms with E-state index in [0.29, 0.717) is 17.8 Å². The first-order chi connectivity index (χ1) is 9.90. The van der Waals surface area contributed by atoms with Gasteiger partial charge in [0, 0.05) is 26.7 Å². The van der Waals surface area contributed by atoms with Crippen LogP contribution in [0.1, 0.15) is 40.5 Å². The van der Waals surface area contributed by atoms with Crippen molar-refractivity contribution in [3.05, 3.63) is 0 Å². The molecular weight excluding hydrogens is 264 g/mol. The Labute approximate surface area is 127 Å². The van der Waals surface area contributed by atoms with E-state index in [-0.39, 0.29) is 5.41 Å². The average molecular weight is 292 g/mol. The quantitative estimate of drug-likeness (QED) is 0.869. The monoisotopic (exact) mass is 292 g/mol. The van der Waals surface area contributed by atoms with E-state index in [9.17, 15) is 0 Å². The molecule has 21 heavy (non-hydrogen) atoms. The molecule has 0 saturated carbocycles. The highest BCUT2D eigenvalue weighted by atomic mass is 15.3. The zero-order valence-corrected chi connectivity index (χ0v) is 13.9. The highest BCUT2D eigenvalue weighted by Crippen LogP contribution is 2.25. The summed E-state index contributed by atoms with van der Waals surface area (Å²) in [7, 11) is 1.84. The van der Waals surface area contributed by atoms with E-state index < -0.39 is 0 Å². The van der Waals surface area contributed by atoms with Crippen molar-refractivity contribution in [2.75, 3.05) is 42.2 Å². The van der Waals surface area contributed by atoms with Gasteiger partial charge in [-0.25, -0.2) is 0 Å². The average Bonchev–Trinajstić information content (AvgIpc) is 2.97. The van der Waals surface area contributed by atoms with Crippen LogP contribution in [0, 0.1) is 11.3 Å². The number of anilines is 3. The second-order valence-electron chi connectivity index (χ2n) is 6.87. The van der Waals surface area contributed by atoms with Crippen LogP contribution in [0.15, 0.2) is 0 Å². The van der Waals surface area contributed by atoms with Crippen molar-refractivity contribution in [3.8, 4) is 0 Å². The van der Waals surface area contributed by atoms with Crippen molar-refractivity contribution in [2.45, 2.75) is 40.5 Å². The number of rotatable bonds is 5. The lowest BCUT2D eigenvalue weighted by molar-refractivity contribution is 0.274. The second kappa shape index (κ2) is 6.45. The Kier molecular flexibility index (Phi) is 4.85. The predicted molar refractivity (Wildman–Crippen MR) is 87.9 cm³/mol. The molecule has 0 spiro atoms. The maximum atomic E-state index is 4.57. The largest absolute Gasteiger partial charge is 0.357 e. The molecule has 1 saturated heterocycles. The van der Waals surface area contributed by atoms with Crippen LogP contribution in [0.5, 0.6) is 0 Å². The summed E-state index contributed by atoms with van der Waals surface area (Å²) in [6, 6.07) is 0. The summed E-state index contributed by atoms with van der Waals surface area (Å²) in [6.45, 7) is 11.9. The fourth-order valence-corrected chi connectivity index (χ4v) is 2.16. The Hall–Kier alpha value is -1.59. The summed E-state index contributed by atoms with van der Waals surface area (Å²) < 4.78 is 0. The lowest BCUT2D eigenvalue weighted by Gasteiger charge is -2.27. The first kappa shape index (κ1) is 15.8. The molecule has 1 aromatic rings. The zero-order valence-electron chi connectivity index (χ0n) is 13.9. The molecule has 1 fully saturated rings. The van der Waals surface area contributed by atoms with Gasteiger partial charge in [0.15, 0.2) is 0 Å². The topological polar surface area (TPSA) is 66.0 Å². The van der Waals surface area contributed by atoms with Crippen LogP contribution in [-0.2, 0) is 0 Å². The van der Waals surface area contributed by atoms with E-state index >= 15 is 0 Å². The van der Waals surface area contributed by atoms with Gasteiger partial charge in [0.2, 0.25) is 17.8 Å². The molecule has 1 aliphatic heterocycles. The molecule has 1 unspecified atom stereocenters. The standard InChI is InChI=1S/C15H28N6/c1-11(15(2,3)4)10-17-13-18-12(16-5)19-14(20-13)21-8-6-7-9-21/h11H,6-10H2,1-5H3,(H2,16,17,18,19,20). The summed E-state index contributed by atoms with van der Waals surface area (Å²) in [6.07, 6.45) is 2.43. The van der Waals surface area contributed by atoms with Gasteiger partial charge >= 0.3 is 0 Å². The van der Waals surface area contributed by atoms with E-state index in [1.165, 1.54) is 12.8 Å². The van der Waals surface area contributed by atoms with E-state index in [2.05, 4.69) is 58.2 Å². The SMILES string of the molecule is CNc1nc(NCC(C)C(C)(C)C)nc(N2CCCC2)n1. The number of nitrogens with one attached hydrogen (secondary N) is 2. The van der Waals surface area contributed by atoms with Gasteiger partial charge in [-0.05, 0) is 24.2 Å². The van der Waals surface area contributed by atoms with Crippen molar-refractivity contribution < 1.29 is 0 Å². The molecule has 2 N–H and O–H groups in total. The molecule has 6 heteroatoms. The van der Waals surface area contributed by atoms with Crippen molar-refractivity contribution in [1.82, 2.24) is 15.0 Å². The number of hydrogen-bond donors (Lipinski definition) is 2. The van der Waals surface area contributed by atoms with Gasteiger partial charge in [-0.15, -0.1) is 0 Å². The van der Waals surface area contributed by atoms with Crippen molar-refractivity contribution >= 4 is 17.8 Å². The molecule has 118 valence electrons. The molecule has 1 atom stereocenters. The third kappa shape index (κ3) is 4.19. The molecule has 2 rings (SSSR count). The highest BCUT2D eigenvalue weighted by molar-refractivity contribution is 5.44. The first-order valence-electron chi connectivity index (χ1n) is 7.83. The molecule has 1 aliphatic rings. The minimum absolute atomic E-state index is 0.268. The number of nitrogens with zero attached hydrogens (tertiary/aromatic N) is 4. The third-order valence-electron chi connectivity index (χ3n) is 4.28. The molecule has 6 nitrogen and oxygen atoms in total. The first-order valence-corrected chi connectivity index (χ1v) is 7.83. The fraction of sp³-hybridized carbons (Fsp3) is 0.800. The molecule has 2 heterocycles. The molecule has 0 bridgehead atoms. The van der Waals surface area contributed by atoms with Crippen molar-refractivity contribution in [1.29, 1.82) is 0 Å². The lowest BCUT2D eigenvalue weighted by atomic mass is 9.82.